The minimum Gasteiger partial charge on any atom is -0.502 e. The average molecular weight is 388 g/mol. The van der Waals surface area contributed by atoms with Gasteiger partial charge < -0.3 is 19.5 Å². The van der Waals surface area contributed by atoms with Crippen molar-refractivity contribution in [2.45, 2.75) is 32.7 Å². The van der Waals surface area contributed by atoms with E-state index < -0.39 is 23.7 Å². The SMILES string of the molecule is CCOC(=O)N1CCC(N2C(=O)C(O)=C(c3ccc(OCC)cc3)C2=O)CC1. The zero-order chi connectivity index (χ0) is 20.3. The van der Waals surface area contributed by atoms with Gasteiger partial charge in [-0.3, -0.25) is 14.5 Å². The van der Waals surface area contributed by atoms with Gasteiger partial charge in [-0.05, 0) is 44.4 Å². The Hall–Kier alpha value is -3.03. The van der Waals surface area contributed by atoms with E-state index in [-0.39, 0.29) is 11.6 Å². The maximum atomic E-state index is 12.9. The van der Waals surface area contributed by atoms with Crippen LogP contribution >= 0.6 is 0 Å². The van der Waals surface area contributed by atoms with E-state index in [0.29, 0.717) is 50.5 Å². The predicted octanol–water partition coefficient (Wildman–Crippen LogP) is 2.34. The van der Waals surface area contributed by atoms with Crippen LogP contribution in [0.3, 0.4) is 0 Å². The van der Waals surface area contributed by atoms with Crippen molar-refractivity contribution in [3.8, 4) is 5.75 Å². The minimum atomic E-state index is -0.691. The molecule has 1 aromatic carbocycles. The Bertz CT molecular complexity index is 793. The van der Waals surface area contributed by atoms with Crippen molar-refractivity contribution in [1.29, 1.82) is 0 Å². The third-order valence-electron chi connectivity index (χ3n) is 4.90. The van der Waals surface area contributed by atoms with Gasteiger partial charge in [-0.15, -0.1) is 0 Å². The topological polar surface area (TPSA) is 96.4 Å². The molecule has 0 unspecified atom stereocenters. The maximum absolute atomic E-state index is 12.9. The zero-order valence-electron chi connectivity index (χ0n) is 16.0. The standard InChI is InChI=1S/C20H24N2O6/c1-3-27-15-7-5-13(6-8-15)16-17(23)19(25)22(18(16)24)14-9-11-21(12-10-14)20(26)28-4-2/h5-8,14,23H,3-4,9-12H2,1-2H3. The van der Waals surface area contributed by atoms with Crippen LogP contribution in [-0.2, 0) is 14.3 Å². The first-order valence-electron chi connectivity index (χ1n) is 9.44. The number of aliphatic hydroxyl groups excluding tert-OH is 1. The quantitative estimate of drug-likeness (QED) is 0.778. The summed E-state index contributed by atoms with van der Waals surface area (Å²) in [4.78, 5) is 40.0. The predicted molar refractivity (Wildman–Crippen MR) is 101 cm³/mol. The summed E-state index contributed by atoms with van der Waals surface area (Å²) in [6, 6.07) is 6.31. The molecule has 3 amide bonds. The fourth-order valence-corrected chi connectivity index (χ4v) is 3.53. The monoisotopic (exact) mass is 388 g/mol. The van der Waals surface area contributed by atoms with Crippen LogP contribution in [0.5, 0.6) is 5.75 Å². The lowest BCUT2D eigenvalue weighted by atomic mass is 10.0. The molecule has 0 atom stereocenters. The van der Waals surface area contributed by atoms with Crippen LogP contribution in [0.4, 0.5) is 4.79 Å². The highest BCUT2D eigenvalue weighted by atomic mass is 16.6. The maximum Gasteiger partial charge on any atom is 0.409 e. The highest BCUT2D eigenvalue weighted by molar-refractivity contribution is 6.35. The fourth-order valence-electron chi connectivity index (χ4n) is 3.53. The Kier molecular flexibility index (Phi) is 5.87. The Labute approximate surface area is 163 Å². The third-order valence-corrected chi connectivity index (χ3v) is 4.90. The number of ether oxygens (including phenoxy) is 2. The van der Waals surface area contributed by atoms with E-state index >= 15 is 0 Å². The molecule has 0 radical (unpaired) electrons. The normalized spacial score (nSPS) is 18.1. The molecule has 8 heteroatoms. The number of nitrogens with zero attached hydrogens (tertiary/aromatic N) is 2. The van der Waals surface area contributed by atoms with E-state index in [9.17, 15) is 19.5 Å². The number of benzene rings is 1. The molecule has 0 aromatic heterocycles. The Morgan fingerprint density at radius 1 is 1.07 bits per heavy atom. The van der Waals surface area contributed by atoms with Crippen molar-refractivity contribution in [3.63, 3.8) is 0 Å². The Morgan fingerprint density at radius 2 is 1.71 bits per heavy atom. The molecule has 28 heavy (non-hydrogen) atoms. The zero-order valence-corrected chi connectivity index (χ0v) is 16.0. The molecule has 1 fully saturated rings. The van der Waals surface area contributed by atoms with Gasteiger partial charge in [-0.25, -0.2) is 4.79 Å². The van der Waals surface area contributed by atoms with Crippen molar-refractivity contribution in [3.05, 3.63) is 35.6 Å². The molecule has 3 rings (SSSR count). The molecule has 0 bridgehead atoms. The first-order chi connectivity index (χ1) is 13.5. The van der Waals surface area contributed by atoms with Crippen LogP contribution in [0, 0.1) is 0 Å². The molecular weight excluding hydrogens is 364 g/mol. The van der Waals surface area contributed by atoms with Crippen molar-refractivity contribution in [2.24, 2.45) is 0 Å². The van der Waals surface area contributed by atoms with Gasteiger partial charge in [0.1, 0.15) is 5.75 Å². The van der Waals surface area contributed by atoms with Gasteiger partial charge in [-0.1, -0.05) is 12.1 Å². The molecule has 1 N–H and O–H groups in total. The van der Waals surface area contributed by atoms with Crippen molar-refractivity contribution in [1.82, 2.24) is 9.80 Å². The lowest BCUT2D eigenvalue weighted by Crippen LogP contribution is -2.49. The second-order valence-electron chi connectivity index (χ2n) is 6.58. The number of rotatable bonds is 5. The molecule has 2 aliphatic heterocycles. The molecule has 8 nitrogen and oxygen atoms in total. The smallest absolute Gasteiger partial charge is 0.409 e. The highest BCUT2D eigenvalue weighted by Gasteiger charge is 2.44. The van der Waals surface area contributed by atoms with Gasteiger partial charge in [0.05, 0.1) is 18.8 Å². The number of piperidine rings is 1. The first kappa shape index (κ1) is 19.7. The number of carbonyl (C=O) groups is 3. The summed E-state index contributed by atoms with van der Waals surface area (Å²) in [7, 11) is 0. The molecule has 2 aliphatic rings. The van der Waals surface area contributed by atoms with E-state index in [4.69, 9.17) is 9.47 Å². The molecule has 1 saturated heterocycles. The van der Waals surface area contributed by atoms with Gasteiger partial charge in [0.25, 0.3) is 11.8 Å². The van der Waals surface area contributed by atoms with Crippen LogP contribution in [-0.4, -0.2) is 65.2 Å². The highest BCUT2D eigenvalue weighted by Crippen LogP contribution is 2.32. The van der Waals surface area contributed by atoms with Gasteiger partial charge in [0.15, 0.2) is 5.76 Å². The van der Waals surface area contributed by atoms with E-state index in [2.05, 4.69) is 0 Å². The first-order valence-corrected chi connectivity index (χ1v) is 9.44. The van der Waals surface area contributed by atoms with Crippen LogP contribution in [0.1, 0.15) is 32.3 Å². The average Bonchev–Trinajstić information content (AvgIpc) is 2.92. The molecule has 1 aromatic rings. The number of amides is 3. The van der Waals surface area contributed by atoms with E-state index in [1.54, 1.807) is 36.1 Å². The van der Waals surface area contributed by atoms with Gasteiger partial charge in [0.2, 0.25) is 0 Å². The molecule has 2 heterocycles. The number of aliphatic hydroxyl groups is 1. The summed E-state index contributed by atoms with van der Waals surface area (Å²) in [6.45, 7) is 5.20. The summed E-state index contributed by atoms with van der Waals surface area (Å²) in [5.41, 5.74) is 0.464. The lowest BCUT2D eigenvalue weighted by molar-refractivity contribution is -0.141. The van der Waals surface area contributed by atoms with Crippen LogP contribution < -0.4 is 4.74 Å². The van der Waals surface area contributed by atoms with Crippen molar-refractivity contribution in [2.75, 3.05) is 26.3 Å². The second-order valence-corrected chi connectivity index (χ2v) is 6.58. The van der Waals surface area contributed by atoms with Crippen LogP contribution in [0.2, 0.25) is 0 Å². The summed E-state index contributed by atoms with van der Waals surface area (Å²) in [6.07, 6.45) is 0.497. The Balaban J connectivity index is 1.72. The molecule has 150 valence electrons. The molecule has 0 saturated carbocycles. The number of hydrogen-bond donors (Lipinski definition) is 1. The summed E-state index contributed by atoms with van der Waals surface area (Å²) in [5.74, 6) is -1.10. The van der Waals surface area contributed by atoms with Crippen molar-refractivity contribution >= 4 is 23.5 Å². The van der Waals surface area contributed by atoms with Gasteiger partial charge in [-0.2, -0.15) is 0 Å². The summed E-state index contributed by atoms with van der Waals surface area (Å²) >= 11 is 0. The van der Waals surface area contributed by atoms with Crippen molar-refractivity contribution < 1.29 is 29.0 Å². The lowest BCUT2D eigenvalue weighted by Gasteiger charge is -2.35. The summed E-state index contributed by atoms with van der Waals surface area (Å²) in [5, 5.41) is 10.3. The van der Waals surface area contributed by atoms with E-state index in [0.717, 1.165) is 4.90 Å². The number of imide groups is 1. The largest absolute Gasteiger partial charge is 0.502 e. The van der Waals surface area contributed by atoms with E-state index in [1.165, 1.54) is 0 Å². The second kappa shape index (κ2) is 8.33. The number of hydrogen-bond acceptors (Lipinski definition) is 6. The van der Waals surface area contributed by atoms with E-state index in [1.807, 2.05) is 6.92 Å². The van der Waals surface area contributed by atoms with Crippen LogP contribution in [0.15, 0.2) is 30.0 Å². The van der Waals surface area contributed by atoms with Gasteiger partial charge >= 0.3 is 6.09 Å². The number of carbonyl (C=O) groups excluding carboxylic acids is 3. The number of likely N-dealkylation sites (tertiary alicyclic amines) is 1. The fraction of sp³-hybridized carbons (Fsp3) is 0.450. The van der Waals surface area contributed by atoms with Gasteiger partial charge in [0, 0.05) is 19.1 Å². The molecule has 0 spiro atoms. The Morgan fingerprint density at radius 3 is 2.29 bits per heavy atom. The minimum absolute atomic E-state index is 0.000806. The third kappa shape index (κ3) is 3.67. The van der Waals surface area contributed by atoms with Crippen LogP contribution in [0.25, 0.3) is 5.57 Å². The summed E-state index contributed by atoms with van der Waals surface area (Å²) < 4.78 is 10.4. The molecular formula is C20H24N2O6. The molecule has 0 aliphatic carbocycles.